The van der Waals surface area contributed by atoms with Gasteiger partial charge < -0.3 is 5.32 Å². The quantitative estimate of drug-likeness (QED) is 0.667. The molecule has 1 heterocycles. The number of nitrogens with zero attached hydrogens (tertiary/aromatic N) is 2. The minimum atomic E-state index is -3.90. The highest BCUT2D eigenvalue weighted by molar-refractivity contribution is 7.92. The number of anilines is 1. The van der Waals surface area contributed by atoms with Gasteiger partial charge in [-0.25, -0.2) is 8.42 Å². The first-order valence-electron chi connectivity index (χ1n) is 8.78. The minimum absolute atomic E-state index is 0.135. The zero-order valence-corrected chi connectivity index (χ0v) is 16.3. The molecule has 3 aromatic rings. The predicted octanol–water partition coefficient (Wildman–Crippen LogP) is 2.90. The van der Waals surface area contributed by atoms with Gasteiger partial charge >= 0.3 is 0 Å². The highest BCUT2D eigenvalue weighted by Crippen LogP contribution is 2.26. The number of aryl methyl sites for hydroxylation is 1. The number of amides is 1. The van der Waals surface area contributed by atoms with Crippen molar-refractivity contribution < 1.29 is 13.2 Å². The van der Waals surface area contributed by atoms with Gasteiger partial charge in [0.1, 0.15) is 6.54 Å². The van der Waals surface area contributed by atoms with Crippen molar-refractivity contribution >= 4 is 21.6 Å². The van der Waals surface area contributed by atoms with Crippen LogP contribution in [-0.4, -0.2) is 25.9 Å². The van der Waals surface area contributed by atoms with Gasteiger partial charge in [-0.05, 0) is 42.8 Å². The van der Waals surface area contributed by atoms with Crippen molar-refractivity contribution in [3.8, 4) is 0 Å². The van der Waals surface area contributed by atoms with Crippen LogP contribution >= 0.6 is 0 Å². The number of nitrogens with one attached hydrogen (secondary N) is 1. The van der Waals surface area contributed by atoms with E-state index in [0.717, 1.165) is 9.87 Å². The average molecular weight is 395 g/mol. The van der Waals surface area contributed by atoms with Crippen LogP contribution < -0.4 is 9.62 Å². The lowest BCUT2D eigenvalue weighted by molar-refractivity contribution is -0.119. The monoisotopic (exact) mass is 395 g/mol. The van der Waals surface area contributed by atoms with Gasteiger partial charge in [0.05, 0.1) is 22.8 Å². The lowest BCUT2D eigenvalue weighted by Gasteiger charge is -2.25. The van der Waals surface area contributed by atoms with Gasteiger partial charge in [0.15, 0.2) is 0 Å². The van der Waals surface area contributed by atoms with Crippen molar-refractivity contribution in [3.05, 3.63) is 90.3 Å². The van der Waals surface area contributed by atoms with E-state index in [1.807, 2.05) is 25.1 Å². The molecule has 0 spiro atoms. The Bertz CT molecular complexity index is 1040. The minimum Gasteiger partial charge on any atom is -0.349 e. The molecule has 3 rings (SSSR count). The number of carbonyl (C=O) groups excluding carboxylic acids is 1. The molecule has 0 atom stereocenters. The summed E-state index contributed by atoms with van der Waals surface area (Å²) in [6.07, 6.45) is 1.64. The molecular weight excluding hydrogens is 374 g/mol. The summed E-state index contributed by atoms with van der Waals surface area (Å²) < 4.78 is 27.6. The number of sulfonamides is 1. The molecule has 0 saturated carbocycles. The smallest absolute Gasteiger partial charge is 0.264 e. The number of hydrogen-bond acceptors (Lipinski definition) is 4. The third-order valence-corrected chi connectivity index (χ3v) is 5.97. The number of hydrogen-bond donors (Lipinski definition) is 1. The van der Waals surface area contributed by atoms with Crippen molar-refractivity contribution in [2.24, 2.45) is 0 Å². The fraction of sp³-hybridized carbons (Fsp3) is 0.143. The maximum atomic E-state index is 13.2. The summed E-state index contributed by atoms with van der Waals surface area (Å²) in [5.41, 5.74) is 1.93. The standard InChI is InChI=1S/C21H21N3O3S/c1-17-9-5-6-13-20(17)24(28(26,27)19-11-3-2-4-12-19)16-21(25)23-15-18-10-7-8-14-22-18/h2-14H,15-16H2,1H3,(H,23,25). The van der Waals surface area contributed by atoms with Crippen molar-refractivity contribution in [1.82, 2.24) is 10.3 Å². The first-order valence-corrected chi connectivity index (χ1v) is 10.2. The summed E-state index contributed by atoms with van der Waals surface area (Å²) in [5, 5.41) is 2.73. The van der Waals surface area contributed by atoms with Crippen LogP contribution in [0.2, 0.25) is 0 Å². The maximum absolute atomic E-state index is 13.2. The second kappa shape index (κ2) is 8.67. The van der Waals surface area contributed by atoms with E-state index < -0.39 is 15.9 Å². The zero-order chi connectivity index (χ0) is 20.0. The van der Waals surface area contributed by atoms with Crippen molar-refractivity contribution in [2.75, 3.05) is 10.8 Å². The SMILES string of the molecule is Cc1ccccc1N(CC(=O)NCc1ccccn1)S(=O)(=O)c1ccccc1. The molecule has 0 saturated heterocycles. The Morgan fingerprint density at radius 3 is 2.32 bits per heavy atom. The topological polar surface area (TPSA) is 79.4 Å². The highest BCUT2D eigenvalue weighted by atomic mass is 32.2. The Labute approximate surface area is 164 Å². The molecule has 144 valence electrons. The fourth-order valence-corrected chi connectivity index (χ4v) is 4.25. The van der Waals surface area contributed by atoms with Crippen LogP contribution in [0.15, 0.2) is 83.9 Å². The van der Waals surface area contributed by atoms with Gasteiger partial charge in [-0.2, -0.15) is 0 Å². The van der Waals surface area contributed by atoms with Gasteiger partial charge in [-0.1, -0.05) is 42.5 Å². The van der Waals surface area contributed by atoms with Crippen LogP contribution in [0.3, 0.4) is 0 Å². The molecular formula is C21H21N3O3S. The summed E-state index contributed by atoms with van der Waals surface area (Å²) in [4.78, 5) is 16.8. The molecule has 0 aliphatic rings. The van der Waals surface area contributed by atoms with Gasteiger partial charge in [0.25, 0.3) is 10.0 Å². The third kappa shape index (κ3) is 4.55. The molecule has 28 heavy (non-hydrogen) atoms. The molecule has 2 aromatic carbocycles. The summed E-state index contributed by atoms with van der Waals surface area (Å²) in [5.74, 6) is -0.409. The Hall–Kier alpha value is -3.19. The predicted molar refractivity (Wildman–Crippen MR) is 108 cm³/mol. The van der Waals surface area contributed by atoms with E-state index in [0.29, 0.717) is 11.4 Å². The van der Waals surface area contributed by atoms with E-state index in [9.17, 15) is 13.2 Å². The van der Waals surface area contributed by atoms with Crippen LogP contribution in [0, 0.1) is 6.92 Å². The van der Waals surface area contributed by atoms with Crippen LogP contribution in [-0.2, 0) is 21.4 Å². The zero-order valence-electron chi connectivity index (χ0n) is 15.4. The maximum Gasteiger partial charge on any atom is 0.264 e. The largest absolute Gasteiger partial charge is 0.349 e. The van der Waals surface area contributed by atoms with Crippen LogP contribution in [0.4, 0.5) is 5.69 Å². The van der Waals surface area contributed by atoms with E-state index in [2.05, 4.69) is 10.3 Å². The second-order valence-electron chi connectivity index (χ2n) is 6.21. The van der Waals surface area contributed by atoms with E-state index in [4.69, 9.17) is 0 Å². The number of benzene rings is 2. The molecule has 1 aromatic heterocycles. The van der Waals surface area contributed by atoms with E-state index in [1.165, 1.54) is 12.1 Å². The molecule has 6 nitrogen and oxygen atoms in total. The van der Waals surface area contributed by atoms with Crippen molar-refractivity contribution in [3.63, 3.8) is 0 Å². The second-order valence-corrected chi connectivity index (χ2v) is 8.07. The summed E-state index contributed by atoms with van der Waals surface area (Å²) in [6.45, 7) is 1.72. The van der Waals surface area contributed by atoms with Gasteiger partial charge in [-0.3, -0.25) is 14.1 Å². The Balaban J connectivity index is 1.87. The molecule has 0 aliphatic carbocycles. The summed E-state index contributed by atoms with van der Waals surface area (Å²) in [6, 6.07) is 20.6. The Morgan fingerprint density at radius 2 is 1.64 bits per heavy atom. The number of para-hydroxylation sites is 1. The van der Waals surface area contributed by atoms with Crippen LogP contribution in [0.25, 0.3) is 0 Å². The number of carbonyl (C=O) groups is 1. The van der Waals surface area contributed by atoms with Gasteiger partial charge in [0.2, 0.25) is 5.91 Å². The number of pyridine rings is 1. The highest BCUT2D eigenvalue weighted by Gasteiger charge is 2.27. The molecule has 1 N–H and O–H groups in total. The van der Waals surface area contributed by atoms with Crippen molar-refractivity contribution in [1.29, 1.82) is 0 Å². The molecule has 0 fully saturated rings. The third-order valence-electron chi connectivity index (χ3n) is 4.20. The Kier molecular flexibility index (Phi) is 6.06. The molecule has 0 aliphatic heterocycles. The van der Waals surface area contributed by atoms with Crippen LogP contribution in [0.1, 0.15) is 11.3 Å². The van der Waals surface area contributed by atoms with Crippen LogP contribution in [0.5, 0.6) is 0 Å². The van der Waals surface area contributed by atoms with Crippen molar-refractivity contribution in [2.45, 2.75) is 18.4 Å². The molecule has 7 heteroatoms. The Morgan fingerprint density at radius 1 is 0.964 bits per heavy atom. The summed E-state index contributed by atoms with van der Waals surface area (Å²) in [7, 11) is -3.90. The van der Waals surface area contributed by atoms with Gasteiger partial charge in [-0.15, -0.1) is 0 Å². The van der Waals surface area contributed by atoms with E-state index in [1.54, 1.807) is 48.7 Å². The van der Waals surface area contributed by atoms with Gasteiger partial charge in [0, 0.05) is 6.20 Å². The van der Waals surface area contributed by atoms with E-state index in [-0.39, 0.29) is 18.0 Å². The number of rotatable bonds is 7. The number of aromatic nitrogens is 1. The molecule has 0 radical (unpaired) electrons. The molecule has 0 unspecified atom stereocenters. The lowest BCUT2D eigenvalue weighted by atomic mass is 10.2. The first kappa shape index (κ1) is 19.6. The average Bonchev–Trinajstić information content (AvgIpc) is 2.72. The fourth-order valence-electron chi connectivity index (χ4n) is 2.74. The first-order chi connectivity index (χ1) is 13.5. The molecule has 0 bridgehead atoms. The molecule has 1 amide bonds. The van der Waals surface area contributed by atoms with E-state index >= 15 is 0 Å². The lowest BCUT2D eigenvalue weighted by Crippen LogP contribution is -2.41. The normalized spacial score (nSPS) is 11.0. The summed E-state index contributed by atoms with van der Waals surface area (Å²) >= 11 is 0.